The molecule has 11 heteroatoms. The molecule has 0 aliphatic carbocycles. The molecule has 3 aliphatic heterocycles. The Morgan fingerprint density at radius 3 is 2.54 bits per heavy atom. The van der Waals surface area contributed by atoms with Gasteiger partial charge in [-0.1, -0.05) is 6.92 Å². The van der Waals surface area contributed by atoms with Gasteiger partial charge in [0.2, 0.25) is 5.91 Å². The van der Waals surface area contributed by atoms with Gasteiger partial charge in [0.25, 0.3) is 11.8 Å². The number of hydrogen-bond acceptors (Lipinski definition) is 7. The number of rotatable bonds is 7. The fourth-order valence-electron chi connectivity index (χ4n) is 7.05. The van der Waals surface area contributed by atoms with Gasteiger partial charge in [-0.3, -0.25) is 14.4 Å². The molecule has 5 rings (SSSR count). The first kappa shape index (κ1) is 29.2. The topological polar surface area (TPSA) is 129 Å². The summed E-state index contributed by atoms with van der Waals surface area (Å²) in [5, 5.41) is 12.7. The molecule has 0 saturated carbocycles. The first-order valence-corrected chi connectivity index (χ1v) is 17.1. The van der Waals surface area contributed by atoms with E-state index < -0.39 is 31.5 Å². The second kappa shape index (κ2) is 10.9. The molecule has 10 nitrogen and oxygen atoms in total. The van der Waals surface area contributed by atoms with E-state index in [1.54, 1.807) is 66.4 Å². The van der Waals surface area contributed by atoms with Crippen LogP contribution in [0.4, 0.5) is 11.4 Å². The third kappa shape index (κ3) is 4.94. The number of methoxy groups -OCH3 is 1. The van der Waals surface area contributed by atoms with Crippen molar-refractivity contribution in [2.45, 2.75) is 62.6 Å². The number of nitrogens with one attached hydrogen (secondary N) is 1. The van der Waals surface area contributed by atoms with Gasteiger partial charge in [0.1, 0.15) is 5.75 Å². The molecule has 0 unspecified atom stereocenters. The summed E-state index contributed by atoms with van der Waals surface area (Å²) in [6.07, 6.45) is 0.919. The highest BCUT2D eigenvalue weighted by atomic mass is 28.4. The van der Waals surface area contributed by atoms with Crippen molar-refractivity contribution < 1.29 is 33.8 Å². The minimum atomic E-state index is -2.94. The van der Waals surface area contributed by atoms with E-state index in [1.165, 1.54) is 0 Å². The normalized spacial score (nSPS) is 27.4. The molecule has 2 aromatic carbocycles. The number of aliphatic hydroxyl groups excluding tert-OH is 1. The lowest BCUT2D eigenvalue weighted by Crippen LogP contribution is -2.45. The van der Waals surface area contributed by atoms with E-state index in [4.69, 9.17) is 9.47 Å². The number of hydrogen-bond donors (Lipinski definition) is 3. The van der Waals surface area contributed by atoms with Crippen LogP contribution in [0.3, 0.4) is 0 Å². The summed E-state index contributed by atoms with van der Waals surface area (Å²) in [7, 11) is 0.310. The van der Waals surface area contributed by atoms with Crippen LogP contribution in [0.15, 0.2) is 42.5 Å². The van der Waals surface area contributed by atoms with Gasteiger partial charge in [-0.2, -0.15) is 0 Å². The largest absolute Gasteiger partial charge is 0.497 e. The molecule has 1 spiro atoms. The number of anilines is 2. The van der Waals surface area contributed by atoms with E-state index in [-0.39, 0.29) is 36.8 Å². The van der Waals surface area contributed by atoms with Crippen molar-refractivity contribution >= 4 is 37.4 Å². The number of aliphatic hydroxyl groups is 1. The zero-order valence-corrected chi connectivity index (χ0v) is 25.2. The van der Waals surface area contributed by atoms with Gasteiger partial charge in [0, 0.05) is 41.9 Å². The van der Waals surface area contributed by atoms with Crippen molar-refractivity contribution in [1.29, 1.82) is 0 Å². The maximum Gasteiger partial charge on any atom is 0.264 e. The van der Waals surface area contributed by atoms with E-state index >= 15 is 0 Å². The van der Waals surface area contributed by atoms with Crippen molar-refractivity contribution in [3.8, 4) is 5.75 Å². The Labute approximate surface area is 241 Å². The first-order chi connectivity index (χ1) is 19.4. The number of nitrogens with zero attached hydrogens (tertiary/aromatic N) is 2. The van der Waals surface area contributed by atoms with E-state index in [0.29, 0.717) is 34.8 Å². The van der Waals surface area contributed by atoms with Crippen molar-refractivity contribution in [2.75, 3.05) is 37.5 Å². The standard InChI is InChI=1S/C30H39N3O7Si/c1-18-27(41(4,5)38)25(16-26(35)33-14-6-7-21(33)17-34)40-30(18)23-15-20(10-13-24(23)32(2)29(30)37)31-28(36)19-8-11-22(39-3)12-9-19/h8-13,15,18,21,25,27,34,38H,6-7,14,16-17H2,1-5H3,(H,31,36)/t18-,21+,25+,27-,30+/m1/s1. The summed E-state index contributed by atoms with van der Waals surface area (Å²) in [6, 6.07) is 11.8. The SMILES string of the molecule is COc1ccc(C(=O)Nc2ccc3c(c2)[C@]2(O[C@@H](CC(=O)N4CCC[C@H]4CO)[C@H]([Si](C)(C)O)[C@H]2C)C(=O)N3C)cc1. The molecule has 3 aliphatic rings. The zero-order chi connectivity index (χ0) is 29.7. The Balaban J connectivity index is 1.48. The van der Waals surface area contributed by atoms with Crippen LogP contribution < -0.4 is 15.0 Å². The highest BCUT2D eigenvalue weighted by Crippen LogP contribution is 2.59. The lowest BCUT2D eigenvalue weighted by Gasteiger charge is -2.32. The molecular formula is C30H39N3O7Si. The molecule has 5 atom stereocenters. The van der Waals surface area contributed by atoms with Crippen LogP contribution in [0.5, 0.6) is 5.75 Å². The summed E-state index contributed by atoms with van der Waals surface area (Å²) in [5.74, 6) is -0.494. The highest BCUT2D eigenvalue weighted by Gasteiger charge is 2.66. The molecule has 2 saturated heterocycles. The van der Waals surface area contributed by atoms with E-state index in [2.05, 4.69) is 5.32 Å². The Hall–Kier alpha value is -3.25. The second-order valence-corrected chi connectivity index (χ2v) is 15.9. The van der Waals surface area contributed by atoms with Crippen LogP contribution in [-0.2, 0) is 19.9 Å². The fourth-order valence-corrected chi connectivity index (χ4v) is 9.60. The highest BCUT2D eigenvalue weighted by molar-refractivity contribution is 6.71. The molecule has 0 aromatic heterocycles. The summed E-state index contributed by atoms with van der Waals surface area (Å²) < 4.78 is 11.9. The molecule has 0 bridgehead atoms. The van der Waals surface area contributed by atoms with Gasteiger partial charge < -0.3 is 34.5 Å². The van der Waals surface area contributed by atoms with E-state index in [9.17, 15) is 24.3 Å². The summed E-state index contributed by atoms with van der Waals surface area (Å²) >= 11 is 0. The van der Waals surface area contributed by atoms with Gasteiger partial charge in [-0.25, -0.2) is 0 Å². The summed E-state index contributed by atoms with van der Waals surface area (Å²) in [6.45, 7) is 6.02. The Morgan fingerprint density at radius 1 is 1.20 bits per heavy atom. The van der Waals surface area contributed by atoms with Crippen LogP contribution in [0.1, 0.15) is 42.1 Å². The van der Waals surface area contributed by atoms with Gasteiger partial charge in [-0.05, 0) is 68.4 Å². The second-order valence-electron chi connectivity index (χ2n) is 11.9. The van der Waals surface area contributed by atoms with Crippen molar-refractivity contribution in [1.82, 2.24) is 4.90 Å². The van der Waals surface area contributed by atoms with E-state index in [0.717, 1.165) is 12.8 Å². The number of ether oxygens (including phenoxy) is 2. The van der Waals surface area contributed by atoms with Crippen molar-refractivity contribution in [3.63, 3.8) is 0 Å². The molecule has 3 amide bonds. The third-order valence-corrected chi connectivity index (χ3v) is 11.5. The predicted molar refractivity (Wildman–Crippen MR) is 156 cm³/mol. The number of carbonyl (C=O) groups is 3. The summed E-state index contributed by atoms with van der Waals surface area (Å²) in [5.41, 5.74) is 0.416. The van der Waals surface area contributed by atoms with Crippen molar-refractivity contribution in [2.24, 2.45) is 5.92 Å². The minimum Gasteiger partial charge on any atom is -0.497 e. The molecule has 3 N–H and O–H groups in total. The maximum absolute atomic E-state index is 14.0. The minimum absolute atomic E-state index is 0.0183. The molecule has 3 heterocycles. The Kier molecular flexibility index (Phi) is 7.75. The number of fused-ring (bicyclic) bond motifs is 2. The molecule has 2 aromatic rings. The quantitative estimate of drug-likeness (QED) is 0.429. The molecule has 41 heavy (non-hydrogen) atoms. The Morgan fingerprint density at radius 2 is 1.90 bits per heavy atom. The molecule has 0 radical (unpaired) electrons. The number of carbonyl (C=O) groups excluding carboxylic acids is 3. The van der Waals surface area contributed by atoms with Crippen LogP contribution >= 0.6 is 0 Å². The average molecular weight is 582 g/mol. The zero-order valence-electron chi connectivity index (χ0n) is 24.2. The van der Waals surface area contributed by atoms with Gasteiger partial charge in [0.05, 0.1) is 38.0 Å². The smallest absolute Gasteiger partial charge is 0.264 e. The number of likely N-dealkylation sites (tertiary alicyclic amines) is 1. The first-order valence-electron chi connectivity index (χ1n) is 14.1. The summed E-state index contributed by atoms with van der Waals surface area (Å²) in [4.78, 5) is 55.1. The fraction of sp³-hybridized carbons (Fsp3) is 0.500. The molecule has 2 fully saturated rings. The predicted octanol–water partition coefficient (Wildman–Crippen LogP) is 3.10. The molecular weight excluding hydrogens is 542 g/mol. The third-order valence-electron chi connectivity index (χ3n) is 9.01. The monoisotopic (exact) mass is 581 g/mol. The number of benzene rings is 2. The van der Waals surface area contributed by atoms with Gasteiger partial charge in [-0.15, -0.1) is 0 Å². The van der Waals surface area contributed by atoms with Gasteiger partial charge in [0.15, 0.2) is 13.9 Å². The number of amides is 3. The maximum atomic E-state index is 14.0. The Bertz CT molecular complexity index is 1340. The van der Waals surface area contributed by atoms with Crippen LogP contribution in [0.25, 0.3) is 0 Å². The van der Waals surface area contributed by atoms with Crippen LogP contribution in [-0.4, -0.2) is 80.3 Å². The lowest BCUT2D eigenvalue weighted by atomic mass is 9.82. The van der Waals surface area contributed by atoms with Gasteiger partial charge >= 0.3 is 0 Å². The van der Waals surface area contributed by atoms with E-state index in [1.807, 2.05) is 20.0 Å². The van der Waals surface area contributed by atoms with Crippen molar-refractivity contribution in [3.05, 3.63) is 53.6 Å². The van der Waals surface area contributed by atoms with Crippen LogP contribution in [0.2, 0.25) is 18.6 Å². The molecule has 220 valence electrons. The van der Waals surface area contributed by atoms with Crippen LogP contribution in [0, 0.1) is 5.92 Å². The lowest BCUT2D eigenvalue weighted by molar-refractivity contribution is -0.149. The average Bonchev–Trinajstić information content (AvgIpc) is 3.59. The number of likely N-dealkylation sites (N-methyl/N-ethyl adjacent to an activating group) is 1.